The van der Waals surface area contributed by atoms with Crippen LogP contribution in [0.2, 0.25) is 0 Å². The molecule has 5 aliphatic heterocycles. The summed E-state index contributed by atoms with van der Waals surface area (Å²) in [6.07, 6.45) is 25.8. The second kappa shape index (κ2) is 17.4. The van der Waals surface area contributed by atoms with E-state index in [2.05, 4.69) is 52.0 Å². The van der Waals surface area contributed by atoms with Crippen molar-refractivity contribution >= 4 is 20.0 Å². The van der Waals surface area contributed by atoms with E-state index in [0.717, 1.165) is 64.2 Å². The summed E-state index contributed by atoms with van der Waals surface area (Å²) in [5, 5.41) is 32.4. The quantitative estimate of drug-likeness (QED) is 0.188. The monoisotopic (exact) mass is 875 g/mol. The van der Waals surface area contributed by atoms with E-state index in [9.17, 15) is 16.8 Å². The van der Waals surface area contributed by atoms with Crippen molar-refractivity contribution in [2.45, 2.75) is 226 Å². The van der Waals surface area contributed by atoms with Crippen LogP contribution in [-0.4, -0.2) is 88.7 Å². The molecule has 0 aromatic carbocycles. The normalized spacial score (nSPS) is 49.1. The molecule has 60 heavy (non-hydrogen) atoms. The van der Waals surface area contributed by atoms with Gasteiger partial charge in [0.2, 0.25) is 20.0 Å². The van der Waals surface area contributed by atoms with E-state index in [1.165, 1.54) is 64.2 Å². The van der Waals surface area contributed by atoms with Gasteiger partial charge in [-0.05, 0) is 137 Å². The van der Waals surface area contributed by atoms with Gasteiger partial charge in [-0.15, -0.1) is 0 Å². The Hall–Kier alpha value is -0.500. The standard InChI is InChI=1S/C44H78N10O4S2/c55-59(56,53-25-11-3-1-4-12-25)27-19-21-33-35(23-27)44-50-41(33)48-39-30-16-8-7-15-29(30)37(46-39)45-38-31-17-9-10-18-32(31)40(47-38)49-43-36-24-28(20-22-34(36)42(51-43)52-44)60(57,58)54-26-13-5-2-6-14-26/h25-54H,1-24H2. The number of fused-ring (bicyclic) bond motifs is 20. The van der Waals surface area contributed by atoms with Crippen LogP contribution >= 0.6 is 0 Å². The average Bonchev–Trinajstić information content (AvgIpc) is 3.99. The summed E-state index contributed by atoms with van der Waals surface area (Å²) in [5.41, 5.74) is 0. The first-order valence-corrected chi connectivity index (χ1v) is 28.4. The molecule has 16 heteroatoms. The summed E-state index contributed by atoms with van der Waals surface area (Å²) in [7, 11) is -6.91. The highest BCUT2D eigenvalue weighted by atomic mass is 32.2. The first-order valence-electron chi connectivity index (χ1n) is 25.3. The van der Waals surface area contributed by atoms with Crippen molar-refractivity contribution in [3.05, 3.63) is 0 Å². The molecule has 10 N–H and O–H groups in total. The van der Waals surface area contributed by atoms with Gasteiger partial charge in [-0.1, -0.05) is 64.2 Å². The predicted molar refractivity (Wildman–Crippen MR) is 233 cm³/mol. The Kier molecular flexibility index (Phi) is 12.2. The third kappa shape index (κ3) is 8.21. The summed E-state index contributed by atoms with van der Waals surface area (Å²) in [4.78, 5) is 0. The van der Waals surface area contributed by atoms with Gasteiger partial charge < -0.3 is 0 Å². The molecule has 18 atom stereocenters. The summed E-state index contributed by atoms with van der Waals surface area (Å²) < 4.78 is 62.9. The van der Waals surface area contributed by atoms with E-state index in [1.807, 2.05) is 0 Å². The lowest BCUT2D eigenvalue weighted by Crippen LogP contribution is -2.61. The van der Waals surface area contributed by atoms with Crippen molar-refractivity contribution in [1.82, 2.24) is 52.0 Å². The van der Waals surface area contributed by atoms with Crippen molar-refractivity contribution in [1.29, 1.82) is 0 Å². The number of hydrogen-bond acceptors (Lipinski definition) is 12. The fraction of sp³-hybridized carbons (Fsp3) is 1.00. The number of rotatable bonds is 6. The van der Waals surface area contributed by atoms with Gasteiger partial charge in [0.1, 0.15) is 0 Å². The highest BCUT2D eigenvalue weighted by Gasteiger charge is 2.56. The maximum Gasteiger partial charge on any atom is 0.214 e. The summed E-state index contributed by atoms with van der Waals surface area (Å²) >= 11 is 0. The Balaban J connectivity index is 0.894. The number of nitrogens with one attached hydrogen (secondary N) is 10. The molecule has 11 rings (SSSR count). The van der Waals surface area contributed by atoms with E-state index in [-0.39, 0.29) is 89.7 Å². The van der Waals surface area contributed by atoms with Gasteiger partial charge >= 0.3 is 0 Å². The molecule has 0 aromatic heterocycles. The minimum atomic E-state index is -3.45. The van der Waals surface area contributed by atoms with E-state index in [1.54, 1.807) is 0 Å². The van der Waals surface area contributed by atoms with E-state index in [0.29, 0.717) is 55.3 Å². The Bertz CT molecular complexity index is 1680. The molecule has 0 spiro atoms. The van der Waals surface area contributed by atoms with Crippen LogP contribution in [0, 0.1) is 47.3 Å². The summed E-state index contributed by atoms with van der Waals surface area (Å²) in [6, 6.07) is 0.143. The lowest BCUT2D eigenvalue weighted by molar-refractivity contribution is 0.168. The fourth-order valence-corrected chi connectivity index (χ4v) is 19.2. The van der Waals surface area contributed by atoms with Gasteiger partial charge in [0.25, 0.3) is 0 Å². The molecule has 5 saturated heterocycles. The first kappa shape index (κ1) is 42.2. The molecule has 11 fully saturated rings. The Morgan fingerprint density at radius 2 is 0.533 bits per heavy atom. The van der Waals surface area contributed by atoms with Crippen molar-refractivity contribution in [3.63, 3.8) is 0 Å². The van der Waals surface area contributed by atoms with Crippen LogP contribution in [0.25, 0.3) is 0 Å². The molecule has 340 valence electrons. The van der Waals surface area contributed by atoms with E-state index >= 15 is 0 Å². The first-order chi connectivity index (χ1) is 29.2. The van der Waals surface area contributed by atoms with Crippen LogP contribution in [0.5, 0.6) is 0 Å². The molecule has 14 nitrogen and oxygen atoms in total. The average molecular weight is 875 g/mol. The molecular weight excluding hydrogens is 797 g/mol. The lowest BCUT2D eigenvalue weighted by Gasteiger charge is -2.39. The number of sulfonamides is 2. The minimum absolute atomic E-state index is 0.0150. The molecule has 0 radical (unpaired) electrons. The largest absolute Gasteiger partial charge is 0.286 e. The Labute approximate surface area is 360 Å². The topological polar surface area (TPSA) is 189 Å². The van der Waals surface area contributed by atoms with Crippen molar-refractivity contribution < 1.29 is 16.8 Å². The van der Waals surface area contributed by atoms with Gasteiger partial charge in [-0.2, -0.15) is 0 Å². The van der Waals surface area contributed by atoms with Crippen LogP contribution in [-0.2, 0) is 20.0 Å². The SMILES string of the molecule is O=S(=O)(NC1CCCCC1)C1CCC2C3NC(NC4NC(NC5NC(NC6NC(N3)C3CC(S(=O)(=O)NC7CCCCC7)CCC63)C3CCCCC53)C3CCCCC43)C2C1. The maximum absolute atomic E-state index is 14.1. The molecule has 0 amide bonds. The van der Waals surface area contributed by atoms with Crippen LogP contribution in [0.3, 0.4) is 0 Å². The van der Waals surface area contributed by atoms with Crippen molar-refractivity contribution in [2.75, 3.05) is 0 Å². The molecule has 6 aliphatic carbocycles. The maximum atomic E-state index is 14.1. The number of hydrogen-bond donors (Lipinski definition) is 10. The lowest BCUT2D eigenvalue weighted by atomic mass is 9.76. The second-order valence-electron chi connectivity index (χ2n) is 21.9. The van der Waals surface area contributed by atoms with Crippen LogP contribution in [0.1, 0.15) is 154 Å². The van der Waals surface area contributed by atoms with E-state index < -0.39 is 20.0 Å². The summed E-state index contributed by atoms with van der Waals surface area (Å²) in [6.45, 7) is 0. The van der Waals surface area contributed by atoms with Crippen molar-refractivity contribution in [3.8, 4) is 0 Å². The fourth-order valence-electron chi connectivity index (χ4n) is 15.6. The predicted octanol–water partition coefficient (Wildman–Crippen LogP) is 3.07. The van der Waals surface area contributed by atoms with Gasteiger partial charge in [-0.3, -0.25) is 42.5 Å². The zero-order valence-electron chi connectivity index (χ0n) is 36.0. The Morgan fingerprint density at radius 3 is 0.833 bits per heavy atom. The molecular formula is C44H78N10O4S2. The third-order valence-corrected chi connectivity index (χ3v) is 22.5. The van der Waals surface area contributed by atoms with Gasteiger partial charge in [0.05, 0.1) is 59.8 Å². The minimum Gasteiger partial charge on any atom is -0.286 e. The highest BCUT2D eigenvalue weighted by Crippen LogP contribution is 2.47. The van der Waals surface area contributed by atoms with Gasteiger partial charge in [0.15, 0.2) is 0 Å². The molecule has 11 aliphatic rings. The van der Waals surface area contributed by atoms with Crippen LogP contribution in [0.15, 0.2) is 0 Å². The summed E-state index contributed by atoms with van der Waals surface area (Å²) in [5.74, 6) is 3.10. The van der Waals surface area contributed by atoms with E-state index in [4.69, 9.17) is 0 Å². The van der Waals surface area contributed by atoms with Crippen LogP contribution < -0.4 is 52.0 Å². The Morgan fingerprint density at radius 1 is 0.283 bits per heavy atom. The molecule has 6 saturated carbocycles. The highest BCUT2D eigenvalue weighted by molar-refractivity contribution is 7.90. The smallest absolute Gasteiger partial charge is 0.214 e. The van der Waals surface area contributed by atoms with Gasteiger partial charge in [-0.25, -0.2) is 26.3 Å². The van der Waals surface area contributed by atoms with Gasteiger partial charge in [0, 0.05) is 12.1 Å². The van der Waals surface area contributed by atoms with Crippen molar-refractivity contribution in [2.24, 2.45) is 47.3 Å². The van der Waals surface area contributed by atoms with Crippen LogP contribution in [0.4, 0.5) is 0 Å². The third-order valence-electron chi connectivity index (χ3n) is 18.6. The molecule has 18 unspecified atom stereocenters. The molecule has 0 aromatic rings. The zero-order valence-corrected chi connectivity index (χ0v) is 37.6. The second-order valence-corrected chi connectivity index (χ2v) is 25.9. The molecule has 5 heterocycles. The zero-order chi connectivity index (χ0) is 40.6. The molecule has 8 bridgehead atoms.